The minimum atomic E-state index is -1.15. The first-order valence-corrected chi connectivity index (χ1v) is 6.27. The number of benzene rings is 1. The van der Waals surface area contributed by atoms with Crippen LogP contribution in [0.5, 0.6) is 0 Å². The Labute approximate surface area is 112 Å². The third kappa shape index (κ3) is 3.67. The smallest absolute Gasteiger partial charge is 0.125 e. The summed E-state index contributed by atoms with van der Waals surface area (Å²) in [6.07, 6.45) is 1.62. The highest BCUT2D eigenvalue weighted by atomic mass is 16.3. The molecule has 4 heteroatoms. The molecule has 1 heterocycles. The zero-order valence-electron chi connectivity index (χ0n) is 10.9. The molecule has 0 saturated heterocycles. The molecule has 2 unspecified atom stereocenters. The van der Waals surface area contributed by atoms with Gasteiger partial charge >= 0.3 is 0 Å². The Balaban J connectivity index is 2.17. The minimum Gasteiger partial charge on any atom is -0.467 e. The van der Waals surface area contributed by atoms with E-state index in [1.165, 1.54) is 0 Å². The van der Waals surface area contributed by atoms with E-state index < -0.39 is 5.60 Å². The number of furan rings is 1. The SMILES string of the molecule is CC(O)(CO)CNC(c1ccccc1)c1ccco1. The molecule has 2 rings (SSSR count). The molecule has 19 heavy (non-hydrogen) atoms. The van der Waals surface area contributed by atoms with Gasteiger partial charge in [0.05, 0.1) is 24.5 Å². The maximum Gasteiger partial charge on any atom is 0.125 e. The van der Waals surface area contributed by atoms with Crippen LogP contribution in [0.25, 0.3) is 0 Å². The number of rotatable bonds is 6. The standard InChI is InChI=1S/C15H19NO3/c1-15(18,11-17)10-16-14(13-8-5-9-19-13)12-6-3-2-4-7-12/h2-9,14,16-18H,10-11H2,1H3. The largest absolute Gasteiger partial charge is 0.467 e. The van der Waals surface area contributed by atoms with Crippen molar-refractivity contribution in [2.45, 2.75) is 18.6 Å². The molecule has 1 aromatic heterocycles. The van der Waals surface area contributed by atoms with Gasteiger partial charge in [-0.25, -0.2) is 0 Å². The number of aliphatic hydroxyl groups is 2. The van der Waals surface area contributed by atoms with Gasteiger partial charge in [0.25, 0.3) is 0 Å². The van der Waals surface area contributed by atoms with Gasteiger partial charge in [0.1, 0.15) is 5.76 Å². The molecule has 0 aliphatic carbocycles. The molecule has 4 nitrogen and oxygen atoms in total. The van der Waals surface area contributed by atoms with Crippen LogP contribution in [0, 0.1) is 0 Å². The third-order valence-electron chi connectivity index (χ3n) is 2.99. The van der Waals surface area contributed by atoms with Crippen LogP contribution in [0.15, 0.2) is 53.1 Å². The lowest BCUT2D eigenvalue weighted by Gasteiger charge is -2.25. The molecule has 0 aliphatic rings. The molecule has 3 N–H and O–H groups in total. The second kappa shape index (κ2) is 6.02. The van der Waals surface area contributed by atoms with Crippen LogP contribution >= 0.6 is 0 Å². The van der Waals surface area contributed by atoms with Crippen molar-refractivity contribution in [3.8, 4) is 0 Å². The Morgan fingerprint density at radius 1 is 1.21 bits per heavy atom. The van der Waals surface area contributed by atoms with E-state index in [0.29, 0.717) is 0 Å². The van der Waals surface area contributed by atoms with E-state index in [1.54, 1.807) is 13.2 Å². The molecule has 0 radical (unpaired) electrons. The predicted octanol–water partition coefficient (Wildman–Crippen LogP) is 1.70. The topological polar surface area (TPSA) is 65.6 Å². The Bertz CT molecular complexity index is 479. The summed E-state index contributed by atoms with van der Waals surface area (Å²) in [6.45, 7) is 1.56. The van der Waals surface area contributed by atoms with Crippen molar-refractivity contribution in [3.63, 3.8) is 0 Å². The average Bonchev–Trinajstić information content (AvgIpc) is 2.94. The summed E-state index contributed by atoms with van der Waals surface area (Å²) in [5.74, 6) is 0.778. The van der Waals surface area contributed by atoms with E-state index in [9.17, 15) is 5.11 Å². The molecule has 2 atom stereocenters. The molecular formula is C15H19NO3. The molecule has 0 fully saturated rings. The van der Waals surface area contributed by atoms with Crippen LogP contribution in [-0.2, 0) is 0 Å². The van der Waals surface area contributed by atoms with Gasteiger partial charge in [-0.1, -0.05) is 30.3 Å². The van der Waals surface area contributed by atoms with Crippen molar-refractivity contribution in [2.24, 2.45) is 0 Å². The zero-order chi connectivity index (χ0) is 13.7. The summed E-state index contributed by atoms with van der Waals surface area (Å²) >= 11 is 0. The Hall–Kier alpha value is -1.62. The lowest BCUT2D eigenvalue weighted by Crippen LogP contribution is -2.42. The molecule has 102 valence electrons. The van der Waals surface area contributed by atoms with Crippen molar-refractivity contribution in [3.05, 3.63) is 60.1 Å². The highest BCUT2D eigenvalue weighted by molar-refractivity contribution is 5.26. The number of hydrogen-bond acceptors (Lipinski definition) is 4. The number of hydrogen-bond donors (Lipinski definition) is 3. The molecular weight excluding hydrogens is 242 g/mol. The minimum absolute atomic E-state index is 0.144. The van der Waals surface area contributed by atoms with Crippen molar-refractivity contribution in [2.75, 3.05) is 13.2 Å². The van der Waals surface area contributed by atoms with Gasteiger partial charge in [-0.3, -0.25) is 0 Å². The maximum atomic E-state index is 9.87. The lowest BCUT2D eigenvalue weighted by molar-refractivity contribution is 0.00113. The third-order valence-corrected chi connectivity index (χ3v) is 2.99. The highest BCUT2D eigenvalue weighted by Crippen LogP contribution is 2.22. The molecule has 0 amide bonds. The monoisotopic (exact) mass is 261 g/mol. The second-order valence-electron chi connectivity index (χ2n) is 4.90. The predicted molar refractivity (Wildman–Crippen MR) is 72.7 cm³/mol. The van der Waals surface area contributed by atoms with E-state index in [1.807, 2.05) is 42.5 Å². The van der Waals surface area contributed by atoms with Gasteiger partial charge < -0.3 is 19.9 Å². The Morgan fingerprint density at radius 2 is 1.95 bits per heavy atom. The van der Waals surface area contributed by atoms with Crippen LogP contribution in [-0.4, -0.2) is 29.0 Å². The van der Waals surface area contributed by atoms with Gasteiger partial charge in [-0.15, -0.1) is 0 Å². The van der Waals surface area contributed by atoms with E-state index in [-0.39, 0.29) is 19.2 Å². The van der Waals surface area contributed by atoms with Gasteiger partial charge in [-0.05, 0) is 24.6 Å². The van der Waals surface area contributed by atoms with E-state index in [2.05, 4.69) is 5.32 Å². The normalized spacial score (nSPS) is 15.9. The molecule has 0 aliphatic heterocycles. The lowest BCUT2D eigenvalue weighted by atomic mass is 10.0. The first kappa shape index (κ1) is 13.8. The van der Waals surface area contributed by atoms with Crippen LogP contribution in [0.2, 0.25) is 0 Å². The van der Waals surface area contributed by atoms with Crippen LogP contribution in [0.1, 0.15) is 24.3 Å². The first-order valence-electron chi connectivity index (χ1n) is 6.27. The quantitative estimate of drug-likeness (QED) is 0.740. The fourth-order valence-corrected chi connectivity index (χ4v) is 1.86. The van der Waals surface area contributed by atoms with Crippen molar-refractivity contribution < 1.29 is 14.6 Å². The fraction of sp³-hybridized carbons (Fsp3) is 0.333. The van der Waals surface area contributed by atoms with Crippen LogP contribution < -0.4 is 5.32 Å². The average molecular weight is 261 g/mol. The van der Waals surface area contributed by atoms with Gasteiger partial charge in [0, 0.05) is 6.54 Å². The summed E-state index contributed by atoms with van der Waals surface area (Å²) in [5.41, 5.74) is -0.106. The van der Waals surface area contributed by atoms with Crippen molar-refractivity contribution in [1.29, 1.82) is 0 Å². The molecule has 0 saturated carbocycles. The van der Waals surface area contributed by atoms with Crippen LogP contribution in [0.3, 0.4) is 0 Å². The van der Waals surface area contributed by atoms with E-state index in [0.717, 1.165) is 11.3 Å². The highest BCUT2D eigenvalue weighted by Gasteiger charge is 2.23. The molecule has 2 aromatic rings. The Morgan fingerprint density at radius 3 is 2.53 bits per heavy atom. The zero-order valence-corrected chi connectivity index (χ0v) is 10.9. The van der Waals surface area contributed by atoms with E-state index >= 15 is 0 Å². The Kier molecular flexibility index (Phi) is 4.37. The summed E-state index contributed by atoms with van der Waals surface area (Å²) < 4.78 is 5.44. The van der Waals surface area contributed by atoms with Gasteiger partial charge in [0.15, 0.2) is 0 Å². The fourth-order valence-electron chi connectivity index (χ4n) is 1.86. The number of nitrogens with one attached hydrogen (secondary N) is 1. The molecule has 1 aromatic carbocycles. The van der Waals surface area contributed by atoms with Gasteiger partial charge in [0.2, 0.25) is 0 Å². The van der Waals surface area contributed by atoms with Crippen molar-refractivity contribution in [1.82, 2.24) is 5.32 Å². The first-order chi connectivity index (χ1) is 9.12. The second-order valence-corrected chi connectivity index (χ2v) is 4.90. The summed E-state index contributed by atoms with van der Waals surface area (Å²) in [4.78, 5) is 0. The summed E-state index contributed by atoms with van der Waals surface area (Å²) in [5, 5.41) is 22.2. The summed E-state index contributed by atoms with van der Waals surface area (Å²) in [7, 11) is 0. The van der Waals surface area contributed by atoms with Crippen LogP contribution in [0.4, 0.5) is 0 Å². The van der Waals surface area contributed by atoms with Gasteiger partial charge in [-0.2, -0.15) is 0 Å². The molecule has 0 bridgehead atoms. The summed E-state index contributed by atoms with van der Waals surface area (Å²) in [6, 6.07) is 13.4. The molecule has 0 spiro atoms. The maximum absolute atomic E-state index is 9.87. The van der Waals surface area contributed by atoms with Crippen molar-refractivity contribution >= 4 is 0 Å². The van der Waals surface area contributed by atoms with E-state index in [4.69, 9.17) is 9.52 Å². The number of aliphatic hydroxyl groups excluding tert-OH is 1.